The van der Waals surface area contributed by atoms with E-state index in [1.807, 2.05) is 30.3 Å². The Morgan fingerprint density at radius 2 is 1.88 bits per heavy atom. The maximum atomic E-state index is 11.2. The topological polar surface area (TPSA) is 64.3 Å². The first-order valence-electron chi connectivity index (χ1n) is 9.29. The van der Waals surface area contributed by atoms with Crippen LogP contribution >= 0.6 is 11.3 Å². The van der Waals surface area contributed by atoms with Gasteiger partial charge in [-0.3, -0.25) is 4.79 Å². The Morgan fingerprint density at radius 1 is 1.19 bits per heavy atom. The van der Waals surface area contributed by atoms with Crippen LogP contribution in [0.25, 0.3) is 10.4 Å². The maximum absolute atomic E-state index is 11.2. The van der Waals surface area contributed by atoms with Crippen molar-refractivity contribution in [3.63, 3.8) is 0 Å². The molecule has 26 heavy (non-hydrogen) atoms. The predicted octanol–water partition coefficient (Wildman–Crippen LogP) is 4.45. The first-order valence-corrected chi connectivity index (χ1v) is 10.1. The van der Waals surface area contributed by atoms with Crippen LogP contribution in [0, 0.1) is 5.41 Å². The number of benzene rings is 1. The van der Waals surface area contributed by atoms with Crippen LogP contribution in [-0.4, -0.2) is 25.1 Å². The largest absolute Gasteiger partial charge is 0.492 e. The zero-order valence-electron chi connectivity index (χ0n) is 15.6. The summed E-state index contributed by atoms with van der Waals surface area (Å²) in [4.78, 5) is 12.8. The van der Waals surface area contributed by atoms with Gasteiger partial charge in [0.25, 0.3) is 5.91 Å². The second kappa shape index (κ2) is 8.23. The number of hydrogen-bond acceptors (Lipinski definition) is 4. The highest BCUT2D eigenvalue weighted by Crippen LogP contribution is 2.35. The molecule has 0 aliphatic heterocycles. The van der Waals surface area contributed by atoms with Gasteiger partial charge in [-0.1, -0.05) is 13.8 Å². The van der Waals surface area contributed by atoms with Gasteiger partial charge in [-0.25, -0.2) is 0 Å². The fourth-order valence-corrected chi connectivity index (χ4v) is 4.24. The van der Waals surface area contributed by atoms with Crippen molar-refractivity contribution in [1.29, 1.82) is 0 Å². The molecule has 0 radical (unpaired) electrons. The van der Waals surface area contributed by atoms with Gasteiger partial charge in [-0.2, -0.15) is 0 Å². The van der Waals surface area contributed by atoms with E-state index in [1.165, 1.54) is 37.0 Å². The van der Waals surface area contributed by atoms with Gasteiger partial charge >= 0.3 is 0 Å². The van der Waals surface area contributed by atoms with Crippen molar-refractivity contribution in [3.8, 4) is 16.2 Å². The van der Waals surface area contributed by atoms with E-state index in [0.29, 0.717) is 22.9 Å². The van der Waals surface area contributed by atoms with Crippen LogP contribution in [0.2, 0.25) is 0 Å². The summed E-state index contributed by atoms with van der Waals surface area (Å²) in [7, 11) is 0. The van der Waals surface area contributed by atoms with Crippen molar-refractivity contribution in [2.24, 2.45) is 11.1 Å². The first kappa shape index (κ1) is 18.9. The highest BCUT2D eigenvalue weighted by molar-refractivity contribution is 7.17. The smallest absolute Gasteiger partial charge is 0.258 e. The molecule has 1 saturated carbocycles. The molecule has 0 saturated heterocycles. The summed E-state index contributed by atoms with van der Waals surface area (Å²) in [6.07, 6.45) is 5.12. The lowest BCUT2D eigenvalue weighted by Crippen LogP contribution is -2.37. The minimum atomic E-state index is -0.379. The molecule has 1 heterocycles. The van der Waals surface area contributed by atoms with E-state index in [1.54, 1.807) is 6.07 Å². The number of thiophene rings is 1. The van der Waals surface area contributed by atoms with Crippen molar-refractivity contribution in [2.45, 2.75) is 45.6 Å². The fraction of sp³-hybridized carbons (Fsp3) is 0.476. The lowest BCUT2D eigenvalue weighted by Gasteiger charge is -2.34. The zero-order valence-corrected chi connectivity index (χ0v) is 16.4. The highest BCUT2D eigenvalue weighted by atomic mass is 32.1. The van der Waals surface area contributed by atoms with Crippen LogP contribution in [0.5, 0.6) is 5.75 Å². The lowest BCUT2D eigenvalue weighted by atomic mass is 9.75. The van der Waals surface area contributed by atoms with E-state index in [9.17, 15) is 4.79 Å². The Kier molecular flexibility index (Phi) is 5.99. The van der Waals surface area contributed by atoms with Gasteiger partial charge in [0.15, 0.2) is 0 Å². The standard InChI is InChI=1S/C21H28N2O2S/c1-21(2)11-9-16(10-12-21)23-13-14-25-17-5-3-15(4-6-17)18-7-8-19(26-18)20(22)24/h3-8,16,23H,9-14H2,1-2H3,(H2,22,24). The van der Waals surface area contributed by atoms with E-state index in [-0.39, 0.29) is 5.91 Å². The molecule has 0 bridgehead atoms. The summed E-state index contributed by atoms with van der Waals surface area (Å²) >= 11 is 1.41. The van der Waals surface area contributed by atoms with Crippen molar-refractivity contribution < 1.29 is 9.53 Å². The summed E-state index contributed by atoms with van der Waals surface area (Å²) in [6, 6.07) is 12.3. The predicted molar refractivity (Wildman–Crippen MR) is 108 cm³/mol. The quantitative estimate of drug-likeness (QED) is 0.706. The summed E-state index contributed by atoms with van der Waals surface area (Å²) < 4.78 is 5.84. The van der Waals surface area contributed by atoms with Crippen LogP contribution in [-0.2, 0) is 0 Å². The van der Waals surface area contributed by atoms with Gasteiger partial charge in [0.2, 0.25) is 0 Å². The molecule has 1 aliphatic rings. The van der Waals surface area contributed by atoms with Crippen LogP contribution < -0.4 is 15.8 Å². The second-order valence-corrected chi connectivity index (χ2v) is 8.88. The number of nitrogens with one attached hydrogen (secondary N) is 1. The van der Waals surface area contributed by atoms with Crippen LogP contribution in [0.15, 0.2) is 36.4 Å². The fourth-order valence-electron chi connectivity index (χ4n) is 3.38. The molecule has 0 spiro atoms. The van der Waals surface area contributed by atoms with Crippen LogP contribution in [0.3, 0.4) is 0 Å². The molecular formula is C21H28N2O2S. The molecule has 0 unspecified atom stereocenters. The third-order valence-corrected chi connectivity index (χ3v) is 6.28. The van der Waals surface area contributed by atoms with Crippen LogP contribution in [0.4, 0.5) is 0 Å². The molecule has 2 aromatic rings. The Bertz CT molecular complexity index is 727. The van der Waals surface area contributed by atoms with E-state index in [4.69, 9.17) is 10.5 Å². The maximum Gasteiger partial charge on any atom is 0.258 e. The van der Waals surface area contributed by atoms with E-state index < -0.39 is 0 Å². The number of hydrogen-bond donors (Lipinski definition) is 2. The lowest BCUT2D eigenvalue weighted by molar-refractivity contribution is 0.100. The Labute approximate surface area is 159 Å². The molecule has 140 valence electrons. The summed E-state index contributed by atoms with van der Waals surface area (Å²) in [5.41, 5.74) is 6.89. The monoisotopic (exact) mass is 372 g/mol. The Morgan fingerprint density at radius 3 is 2.50 bits per heavy atom. The summed E-state index contributed by atoms with van der Waals surface area (Å²) in [5.74, 6) is 0.488. The van der Waals surface area contributed by atoms with E-state index >= 15 is 0 Å². The minimum Gasteiger partial charge on any atom is -0.492 e. The average Bonchev–Trinajstić information content (AvgIpc) is 3.11. The Hall–Kier alpha value is -1.85. The molecule has 1 fully saturated rings. The highest BCUT2D eigenvalue weighted by Gasteiger charge is 2.26. The number of amides is 1. The van der Waals surface area contributed by atoms with Gasteiger partial charge in [0.1, 0.15) is 12.4 Å². The average molecular weight is 373 g/mol. The minimum absolute atomic E-state index is 0.379. The molecule has 3 N–H and O–H groups in total. The van der Waals surface area contributed by atoms with Gasteiger partial charge in [0, 0.05) is 17.5 Å². The Balaban J connectivity index is 1.42. The number of carbonyl (C=O) groups excluding carboxylic acids is 1. The molecule has 1 aromatic heterocycles. The van der Waals surface area contributed by atoms with Crippen molar-refractivity contribution in [3.05, 3.63) is 41.3 Å². The zero-order chi connectivity index (χ0) is 18.6. The number of primary amides is 1. The van der Waals surface area contributed by atoms with Gasteiger partial charge in [0.05, 0.1) is 4.88 Å². The first-order chi connectivity index (χ1) is 12.4. The van der Waals surface area contributed by atoms with Gasteiger partial charge in [-0.15, -0.1) is 11.3 Å². The van der Waals surface area contributed by atoms with Crippen molar-refractivity contribution >= 4 is 17.2 Å². The molecule has 1 aliphatic carbocycles. The molecule has 5 heteroatoms. The second-order valence-electron chi connectivity index (χ2n) is 7.79. The number of rotatable bonds is 7. The molecule has 1 amide bonds. The van der Waals surface area contributed by atoms with E-state index in [0.717, 1.165) is 22.7 Å². The molecule has 4 nitrogen and oxygen atoms in total. The summed E-state index contributed by atoms with van der Waals surface area (Å²) in [5, 5.41) is 3.61. The van der Waals surface area contributed by atoms with E-state index in [2.05, 4.69) is 19.2 Å². The molecular weight excluding hydrogens is 344 g/mol. The van der Waals surface area contributed by atoms with Crippen molar-refractivity contribution in [1.82, 2.24) is 5.32 Å². The number of ether oxygens (including phenoxy) is 1. The summed E-state index contributed by atoms with van der Waals surface area (Å²) in [6.45, 7) is 6.27. The normalized spacial score (nSPS) is 17.2. The van der Waals surface area contributed by atoms with Gasteiger partial charge < -0.3 is 15.8 Å². The molecule has 0 atom stereocenters. The van der Waals surface area contributed by atoms with Gasteiger partial charge in [-0.05, 0) is 73.1 Å². The third kappa shape index (κ3) is 5.08. The van der Waals surface area contributed by atoms with Crippen molar-refractivity contribution in [2.75, 3.05) is 13.2 Å². The molecule has 1 aromatic carbocycles. The number of carbonyl (C=O) groups is 1. The third-order valence-electron chi connectivity index (χ3n) is 5.13. The molecule has 3 rings (SSSR count). The SMILES string of the molecule is CC1(C)CCC(NCCOc2ccc(-c3ccc(C(N)=O)s3)cc2)CC1. The number of nitrogens with two attached hydrogens (primary N) is 1. The van der Waals surface area contributed by atoms with Crippen LogP contribution in [0.1, 0.15) is 49.2 Å².